The van der Waals surface area contributed by atoms with E-state index < -0.39 is 18.5 Å². The van der Waals surface area contributed by atoms with Crippen LogP contribution in [0.2, 0.25) is 15.1 Å². The minimum Gasteiger partial charge on any atom is -0.467 e. The second-order valence-corrected chi connectivity index (χ2v) is 5.79. The average molecular weight is 377 g/mol. The van der Waals surface area contributed by atoms with Gasteiger partial charge in [-0.3, -0.25) is 4.79 Å². The molecule has 0 fully saturated rings. The summed E-state index contributed by atoms with van der Waals surface area (Å²) in [7, 11) is 0. The fourth-order valence-electron chi connectivity index (χ4n) is 1.81. The van der Waals surface area contributed by atoms with Gasteiger partial charge in [0.05, 0.1) is 32.9 Å². The predicted molar refractivity (Wildman–Crippen MR) is 87.0 cm³/mol. The summed E-state index contributed by atoms with van der Waals surface area (Å²) < 4.78 is 10.1. The maximum Gasteiger partial charge on any atom is 0.341 e. The van der Waals surface area contributed by atoms with Gasteiger partial charge in [-0.05, 0) is 31.2 Å². The number of furan rings is 1. The first-order valence-electron chi connectivity index (χ1n) is 6.53. The molecule has 0 bridgehead atoms. The normalized spacial score (nSPS) is 11.8. The number of amides is 1. The van der Waals surface area contributed by atoms with Crippen molar-refractivity contribution < 1.29 is 18.7 Å². The third-order valence-electron chi connectivity index (χ3n) is 2.93. The van der Waals surface area contributed by atoms with Gasteiger partial charge in [-0.15, -0.1) is 0 Å². The van der Waals surface area contributed by atoms with Crippen LogP contribution < -0.4 is 5.32 Å². The lowest BCUT2D eigenvalue weighted by atomic mass is 10.2. The van der Waals surface area contributed by atoms with Crippen LogP contribution in [0, 0.1) is 0 Å². The molecule has 0 aliphatic carbocycles. The highest BCUT2D eigenvalue weighted by atomic mass is 35.5. The molecule has 0 radical (unpaired) electrons. The molecule has 2 aromatic rings. The molecule has 0 spiro atoms. The van der Waals surface area contributed by atoms with Crippen LogP contribution in [0.25, 0.3) is 0 Å². The summed E-state index contributed by atoms with van der Waals surface area (Å²) in [6.45, 7) is 1.26. The second kappa shape index (κ2) is 7.73. The lowest BCUT2D eigenvalue weighted by Crippen LogP contribution is -2.31. The Morgan fingerprint density at radius 2 is 1.91 bits per heavy atom. The molecule has 0 aliphatic rings. The van der Waals surface area contributed by atoms with Gasteiger partial charge in [-0.25, -0.2) is 4.79 Å². The number of halogens is 3. The summed E-state index contributed by atoms with van der Waals surface area (Å²) in [5.74, 6) is -0.731. The molecule has 0 saturated heterocycles. The monoisotopic (exact) mass is 375 g/mol. The van der Waals surface area contributed by atoms with Crippen molar-refractivity contribution in [3.05, 3.63) is 56.9 Å². The second-order valence-electron chi connectivity index (χ2n) is 4.60. The summed E-state index contributed by atoms with van der Waals surface area (Å²) >= 11 is 17.7. The Balaban J connectivity index is 1.94. The Morgan fingerprint density at radius 3 is 2.57 bits per heavy atom. The molecule has 1 aromatic heterocycles. The lowest BCUT2D eigenvalue weighted by Gasteiger charge is -2.12. The molecule has 23 heavy (non-hydrogen) atoms. The van der Waals surface area contributed by atoms with Crippen molar-refractivity contribution in [1.82, 2.24) is 5.32 Å². The Hall–Kier alpha value is -1.69. The van der Waals surface area contributed by atoms with Crippen molar-refractivity contribution in [2.75, 3.05) is 6.61 Å². The summed E-state index contributed by atoms with van der Waals surface area (Å²) in [6.07, 6.45) is 1.50. The summed E-state index contributed by atoms with van der Waals surface area (Å²) in [6, 6.07) is 5.96. The first-order chi connectivity index (χ1) is 10.9. The van der Waals surface area contributed by atoms with Crippen LogP contribution in [0.1, 0.15) is 29.1 Å². The van der Waals surface area contributed by atoms with Crippen molar-refractivity contribution in [2.45, 2.75) is 13.0 Å². The highest BCUT2D eigenvalue weighted by molar-refractivity contribution is 6.46. The Kier molecular flexibility index (Phi) is 5.93. The van der Waals surface area contributed by atoms with E-state index in [1.807, 2.05) is 0 Å². The minimum atomic E-state index is -0.830. The van der Waals surface area contributed by atoms with Crippen LogP contribution in [-0.2, 0) is 9.53 Å². The molecule has 1 N–H and O–H groups in total. The van der Waals surface area contributed by atoms with Crippen LogP contribution in [0.4, 0.5) is 0 Å². The molecule has 2 rings (SSSR count). The highest BCUT2D eigenvalue weighted by Crippen LogP contribution is 2.31. The molecule has 0 unspecified atom stereocenters. The SMILES string of the molecule is C[C@@H](NC(=O)COC(=O)c1c(Cl)ccc(Cl)c1Cl)c1ccco1. The zero-order chi connectivity index (χ0) is 17.0. The zero-order valence-corrected chi connectivity index (χ0v) is 14.2. The van der Waals surface area contributed by atoms with Gasteiger partial charge in [0.15, 0.2) is 6.61 Å². The van der Waals surface area contributed by atoms with E-state index in [1.165, 1.54) is 18.4 Å². The van der Waals surface area contributed by atoms with Crippen molar-refractivity contribution in [1.29, 1.82) is 0 Å². The molecule has 1 amide bonds. The number of nitrogens with one attached hydrogen (secondary N) is 1. The van der Waals surface area contributed by atoms with Gasteiger partial charge in [-0.1, -0.05) is 34.8 Å². The Morgan fingerprint density at radius 1 is 1.22 bits per heavy atom. The largest absolute Gasteiger partial charge is 0.467 e. The molecule has 1 heterocycles. The molecular weight excluding hydrogens is 365 g/mol. The number of hydrogen-bond donors (Lipinski definition) is 1. The summed E-state index contributed by atoms with van der Waals surface area (Å²) in [5, 5.41) is 2.86. The summed E-state index contributed by atoms with van der Waals surface area (Å²) in [4.78, 5) is 23.8. The number of esters is 1. The smallest absolute Gasteiger partial charge is 0.341 e. The van der Waals surface area contributed by atoms with E-state index in [1.54, 1.807) is 19.1 Å². The van der Waals surface area contributed by atoms with Gasteiger partial charge in [0.1, 0.15) is 5.76 Å². The lowest BCUT2D eigenvalue weighted by molar-refractivity contribution is -0.125. The van der Waals surface area contributed by atoms with E-state index in [4.69, 9.17) is 44.0 Å². The highest BCUT2D eigenvalue weighted by Gasteiger charge is 2.20. The first-order valence-corrected chi connectivity index (χ1v) is 7.67. The number of rotatable bonds is 5. The molecule has 122 valence electrons. The third-order valence-corrected chi connectivity index (χ3v) is 4.05. The number of benzene rings is 1. The van der Waals surface area contributed by atoms with E-state index in [2.05, 4.69) is 5.32 Å². The van der Waals surface area contributed by atoms with Gasteiger partial charge in [0, 0.05) is 0 Å². The van der Waals surface area contributed by atoms with Crippen molar-refractivity contribution in [3.8, 4) is 0 Å². The fraction of sp³-hybridized carbons (Fsp3) is 0.200. The van der Waals surface area contributed by atoms with E-state index in [0.717, 1.165) is 0 Å². The van der Waals surface area contributed by atoms with Crippen LogP contribution in [0.5, 0.6) is 0 Å². The van der Waals surface area contributed by atoms with E-state index in [-0.39, 0.29) is 26.7 Å². The topological polar surface area (TPSA) is 68.5 Å². The number of carbonyl (C=O) groups is 2. The van der Waals surface area contributed by atoms with E-state index in [9.17, 15) is 9.59 Å². The van der Waals surface area contributed by atoms with Gasteiger partial charge in [0.25, 0.3) is 5.91 Å². The molecule has 8 heteroatoms. The van der Waals surface area contributed by atoms with Crippen LogP contribution in [0.3, 0.4) is 0 Å². The van der Waals surface area contributed by atoms with Gasteiger partial charge in [-0.2, -0.15) is 0 Å². The van der Waals surface area contributed by atoms with Crippen LogP contribution in [0.15, 0.2) is 34.9 Å². The molecule has 0 aliphatic heterocycles. The Labute approximate surface area is 147 Å². The number of ether oxygens (including phenoxy) is 1. The molecule has 1 aromatic carbocycles. The van der Waals surface area contributed by atoms with Gasteiger partial charge >= 0.3 is 5.97 Å². The van der Waals surface area contributed by atoms with Crippen molar-refractivity contribution in [2.24, 2.45) is 0 Å². The van der Waals surface area contributed by atoms with Crippen molar-refractivity contribution >= 4 is 46.7 Å². The minimum absolute atomic E-state index is 0.0199. The zero-order valence-electron chi connectivity index (χ0n) is 11.9. The maximum absolute atomic E-state index is 12.0. The molecular formula is C15H12Cl3NO4. The number of hydrogen-bond acceptors (Lipinski definition) is 4. The fourth-order valence-corrected chi connectivity index (χ4v) is 2.49. The van der Waals surface area contributed by atoms with Gasteiger partial charge in [0.2, 0.25) is 0 Å². The van der Waals surface area contributed by atoms with Crippen LogP contribution in [-0.4, -0.2) is 18.5 Å². The molecule has 1 atom stereocenters. The third kappa shape index (κ3) is 4.41. The average Bonchev–Trinajstić information content (AvgIpc) is 3.04. The van der Waals surface area contributed by atoms with E-state index >= 15 is 0 Å². The van der Waals surface area contributed by atoms with Crippen molar-refractivity contribution in [3.63, 3.8) is 0 Å². The molecule has 0 saturated carbocycles. The Bertz CT molecular complexity index is 716. The standard InChI is InChI=1S/C15H12Cl3NO4/c1-8(11-3-2-6-22-11)19-12(20)7-23-15(21)13-9(16)4-5-10(17)14(13)18/h2-6,8H,7H2,1H3,(H,19,20)/t8-/m1/s1. The van der Waals surface area contributed by atoms with Gasteiger partial charge < -0.3 is 14.5 Å². The molecule has 5 nitrogen and oxygen atoms in total. The quantitative estimate of drug-likeness (QED) is 0.625. The summed E-state index contributed by atoms with van der Waals surface area (Å²) in [5.41, 5.74) is -0.0762. The van der Waals surface area contributed by atoms with Crippen LogP contribution >= 0.6 is 34.8 Å². The maximum atomic E-state index is 12.0. The van der Waals surface area contributed by atoms with E-state index in [0.29, 0.717) is 5.76 Å². The predicted octanol–water partition coefficient (Wildman–Crippen LogP) is 4.27. The first kappa shape index (κ1) is 17.7. The number of carbonyl (C=O) groups excluding carboxylic acids is 2.